The van der Waals surface area contributed by atoms with Gasteiger partial charge in [0.15, 0.2) is 6.29 Å². The molecule has 0 aliphatic heterocycles. The molecule has 2 rings (SSSR count). The fourth-order valence-corrected chi connectivity index (χ4v) is 1.63. The Hall–Kier alpha value is -1.72. The minimum atomic E-state index is -0.561. The summed E-state index contributed by atoms with van der Waals surface area (Å²) in [6.45, 7) is 0. The van der Waals surface area contributed by atoms with E-state index in [0.29, 0.717) is 6.29 Å². The lowest BCUT2D eigenvalue weighted by Crippen LogP contribution is -2.02. The zero-order valence-corrected chi connectivity index (χ0v) is 10.3. The minimum absolute atomic E-state index is 0.00290. The summed E-state index contributed by atoms with van der Waals surface area (Å²) >= 11 is 11.4. The van der Waals surface area contributed by atoms with E-state index in [-0.39, 0.29) is 27.2 Å². The number of aldehydes is 1. The third-order valence-electron chi connectivity index (χ3n) is 2.14. The molecule has 1 heterocycles. The number of rotatable bonds is 3. The molecule has 1 N–H and O–H groups in total. The van der Waals surface area contributed by atoms with E-state index in [1.165, 1.54) is 18.5 Å². The first kappa shape index (κ1) is 12.7. The monoisotopic (exact) mass is 285 g/mol. The molecule has 4 nitrogen and oxygen atoms in total. The largest absolute Gasteiger partial charge is 0.337 e. The van der Waals surface area contributed by atoms with Gasteiger partial charge in [0.1, 0.15) is 23.1 Å². The molecule has 0 radical (unpaired) electrons. The topological polar surface area (TPSA) is 54.9 Å². The number of nitrogens with one attached hydrogen (secondary N) is 1. The van der Waals surface area contributed by atoms with Crippen molar-refractivity contribution in [3.63, 3.8) is 0 Å². The van der Waals surface area contributed by atoms with Gasteiger partial charge in [-0.1, -0.05) is 23.2 Å². The van der Waals surface area contributed by atoms with Crippen LogP contribution in [0, 0.1) is 5.82 Å². The van der Waals surface area contributed by atoms with E-state index in [2.05, 4.69) is 15.3 Å². The Balaban J connectivity index is 2.40. The van der Waals surface area contributed by atoms with Crippen molar-refractivity contribution in [2.24, 2.45) is 0 Å². The molecule has 1 aromatic carbocycles. The molecular formula is C11H6Cl2FN3O. The summed E-state index contributed by atoms with van der Waals surface area (Å²) in [6.07, 6.45) is 1.67. The van der Waals surface area contributed by atoms with Crippen molar-refractivity contribution >= 4 is 41.0 Å². The van der Waals surface area contributed by atoms with Crippen LogP contribution in [0.3, 0.4) is 0 Å². The smallest absolute Gasteiger partial charge is 0.156 e. The Labute approximate surface area is 112 Å². The number of aromatic nitrogens is 2. The summed E-state index contributed by atoms with van der Waals surface area (Å²) in [7, 11) is 0. The summed E-state index contributed by atoms with van der Waals surface area (Å²) in [6, 6.07) is 4.09. The van der Waals surface area contributed by atoms with Gasteiger partial charge in [0.2, 0.25) is 0 Å². The fourth-order valence-electron chi connectivity index (χ4n) is 1.30. The Morgan fingerprint density at radius 3 is 2.72 bits per heavy atom. The molecular weight excluding hydrogens is 280 g/mol. The third kappa shape index (κ3) is 2.57. The van der Waals surface area contributed by atoms with Gasteiger partial charge in [-0.2, -0.15) is 0 Å². The lowest BCUT2D eigenvalue weighted by molar-refractivity contribution is 0.112. The molecule has 0 bridgehead atoms. The second kappa shape index (κ2) is 5.29. The van der Waals surface area contributed by atoms with Gasteiger partial charge in [0.25, 0.3) is 0 Å². The average molecular weight is 286 g/mol. The van der Waals surface area contributed by atoms with Crippen LogP contribution in [0.1, 0.15) is 10.4 Å². The summed E-state index contributed by atoms with van der Waals surface area (Å²) < 4.78 is 13.6. The van der Waals surface area contributed by atoms with Crippen LogP contribution in [0.2, 0.25) is 10.2 Å². The van der Waals surface area contributed by atoms with E-state index in [0.717, 1.165) is 6.07 Å². The van der Waals surface area contributed by atoms with Crippen molar-refractivity contribution in [2.45, 2.75) is 0 Å². The first-order valence-corrected chi connectivity index (χ1v) is 5.55. The van der Waals surface area contributed by atoms with Gasteiger partial charge in [-0.3, -0.25) is 4.79 Å². The van der Waals surface area contributed by atoms with E-state index >= 15 is 0 Å². The van der Waals surface area contributed by atoms with Crippen molar-refractivity contribution in [2.75, 3.05) is 5.32 Å². The number of hydrogen-bond acceptors (Lipinski definition) is 4. The van der Waals surface area contributed by atoms with Crippen molar-refractivity contribution in [1.82, 2.24) is 9.97 Å². The maximum atomic E-state index is 13.6. The highest BCUT2D eigenvalue weighted by molar-refractivity contribution is 6.32. The van der Waals surface area contributed by atoms with Gasteiger partial charge in [-0.25, -0.2) is 14.4 Å². The highest BCUT2D eigenvalue weighted by Gasteiger charge is 2.11. The number of benzene rings is 1. The van der Waals surface area contributed by atoms with E-state index in [1.807, 2.05) is 0 Å². The van der Waals surface area contributed by atoms with Gasteiger partial charge < -0.3 is 5.32 Å². The van der Waals surface area contributed by atoms with Crippen LogP contribution in [-0.4, -0.2) is 16.3 Å². The summed E-state index contributed by atoms with van der Waals surface area (Å²) in [5.41, 5.74) is 0.200. The van der Waals surface area contributed by atoms with Crippen molar-refractivity contribution in [3.8, 4) is 0 Å². The number of carbonyl (C=O) groups excluding carboxylic acids is 1. The standard InChI is InChI=1S/C11H6Cl2FN3O/c12-6-1-2-9(8(14)3-6)17-11-7(4-18)10(13)15-5-16-11/h1-5H,(H,15,16,17). The Bertz CT molecular complexity index is 607. The zero-order valence-electron chi connectivity index (χ0n) is 8.82. The molecule has 0 fully saturated rings. The highest BCUT2D eigenvalue weighted by atomic mass is 35.5. The number of anilines is 2. The van der Waals surface area contributed by atoms with E-state index in [1.54, 1.807) is 0 Å². The number of nitrogens with zero attached hydrogens (tertiary/aromatic N) is 2. The highest BCUT2D eigenvalue weighted by Crippen LogP contribution is 2.25. The summed E-state index contributed by atoms with van der Waals surface area (Å²) in [5, 5.41) is 2.93. The lowest BCUT2D eigenvalue weighted by atomic mass is 10.2. The average Bonchev–Trinajstić information content (AvgIpc) is 2.33. The molecule has 0 aliphatic rings. The van der Waals surface area contributed by atoms with E-state index < -0.39 is 5.82 Å². The van der Waals surface area contributed by atoms with Crippen LogP contribution in [-0.2, 0) is 0 Å². The van der Waals surface area contributed by atoms with Crippen LogP contribution in [0.4, 0.5) is 15.9 Å². The summed E-state index contributed by atoms with van der Waals surface area (Å²) in [4.78, 5) is 18.3. The maximum Gasteiger partial charge on any atom is 0.156 e. The number of hydrogen-bond donors (Lipinski definition) is 1. The molecule has 0 saturated carbocycles. The normalized spacial score (nSPS) is 10.2. The molecule has 0 atom stereocenters. The van der Waals surface area contributed by atoms with Crippen molar-refractivity contribution < 1.29 is 9.18 Å². The molecule has 0 unspecified atom stereocenters. The molecule has 92 valence electrons. The predicted octanol–water partition coefficient (Wildman–Crippen LogP) is 3.48. The van der Waals surface area contributed by atoms with Crippen LogP contribution in [0.15, 0.2) is 24.5 Å². The Morgan fingerprint density at radius 2 is 2.06 bits per heavy atom. The summed E-state index contributed by atoms with van der Waals surface area (Å²) in [5.74, 6) is -0.430. The van der Waals surface area contributed by atoms with Crippen molar-refractivity contribution in [3.05, 3.63) is 46.1 Å². The van der Waals surface area contributed by atoms with E-state index in [4.69, 9.17) is 23.2 Å². The second-order valence-electron chi connectivity index (χ2n) is 3.29. The zero-order chi connectivity index (χ0) is 13.1. The maximum absolute atomic E-state index is 13.6. The molecule has 2 aromatic rings. The number of halogens is 3. The predicted molar refractivity (Wildman–Crippen MR) is 67.1 cm³/mol. The molecule has 0 saturated heterocycles. The van der Waals surface area contributed by atoms with Gasteiger partial charge in [0, 0.05) is 5.02 Å². The van der Waals surface area contributed by atoms with Crippen molar-refractivity contribution in [1.29, 1.82) is 0 Å². The van der Waals surface area contributed by atoms with Gasteiger partial charge in [-0.05, 0) is 18.2 Å². The van der Waals surface area contributed by atoms with Gasteiger partial charge >= 0.3 is 0 Å². The molecule has 7 heteroatoms. The fraction of sp³-hybridized carbons (Fsp3) is 0. The molecule has 0 amide bonds. The SMILES string of the molecule is O=Cc1c(Cl)ncnc1Nc1ccc(Cl)cc1F. The lowest BCUT2D eigenvalue weighted by Gasteiger charge is -2.09. The van der Waals surface area contributed by atoms with E-state index in [9.17, 15) is 9.18 Å². The molecule has 0 aliphatic carbocycles. The first-order valence-electron chi connectivity index (χ1n) is 4.79. The van der Waals surface area contributed by atoms with Crippen LogP contribution < -0.4 is 5.32 Å². The second-order valence-corrected chi connectivity index (χ2v) is 4.09. The van der Waals surface area contributed by atoms with Crippen LogP contribution in [0.5, 0.6) is 0 Å². The van der Waals surface area contributed by atoms with Crippen LogP contribution >= 0.6 is 23.2 Å². The van der Waals surface area contributed by atoms with Crippen LogP contribution in [0.25, 0.3) is 0 Å². The molecule has 0 spiro atoms. The Morgan fingerprint density at radius 1 is 1.28 bits per heavy atom. The molecule has 1 aromatic heterocycles. The number of carbonyl (C=O) groups is 1. The molecule has 18 heavy (non-hydrogen) atoms. The third-order valence-corrected chi connectivity index (χ3v) is 2.67. The Kier molecular flexibility index (Phi) is 3.74. The van der Waals surface area contributed by atoms with Gasteiger partial charge in [-0.15, -0.1) is 0 Å². The van der Waals surface area contributed by atoms with Gasteiger partial charge in [0.05, 0.1) is 11.3 Å². The first-order chi connectivity index (χ1) is 8.61. The minimum Gasteiger partial charge on any atom is -0.337 e. The quantitative estimate of drug-likeness (QED) is 0.693.